The van der Waals surface area contributed by atoms with Crippen LogP contribution in [0.1, 0.15) is 169 Å². The fourth-order valence-corrected chi connectivity index (χ4v) is 6.43. The molecule has 41 heavy (non-hydrogen) atoms. The highest BCUT2D eigenvalue weighted by Crippen LogP contribution is 2.32. The van der Waals surface area contributed by atoms with E-state index in [4.69, 9.17) is 0 Å². The van der Waals surface area contributed by atoms with Gasteiger partial charge in [-0.25, -0.2) is 14.4 Å². The first-order valence-electron chi connectivity index (χ1n) is 17.0. The van der Waals surface area contributed by atoms with Crippen molar-refractivity contribution < 1.29 is 34.2 Å². The molecule has 0 bridgehead atoms. The van der Waals surface area contributed by atoms with Gasteiger partial charge in [0, 0.05) is 19.3 Å². The molecule has 0 fully saturated rings. The molecule has 0 aliphatic heterocycles. The number of carboxylic acid groups (broad SMARTS) is 3. The highest BCUT2D eigenvalue weighted by Gasteiger charge is 2.55. The third-order valence-corrected chi connectivity index (χ3v) is 8.72. The monoisotopic (exact) mass is 582 g/mol. The van der Waals surface area contributed by atoms with Gasteiger partial charge in [0.2, 0.25) is 0 Å². The summed E-state index contributed by atoms with van der Waals surface area (Å²) < 4.78 is -0.581. The maximum Gasteiger partial charge on any atom is 0.362 e. The van der Waals surface area contributed by atoms with Crippen LogP contribution in [0.2, 0.25) is 0 Å². The summed E-state index contributed by atoms with van der Waals surface area (Å²) in [5, 5.41) is 30.0. The zero-order valence-corrected chi connectivity index (χ0v) is 27.0. The molecule has 0 saturated carbocycles. The normalized spacial score (nSPS) is 15.4. The number of hydrogen-bond acceptors (Lipinski definition) is 3. The molecule has 0 amide bonds. The maximum atomic E-state index is 12.2. The van der Waals surface area contributed by atoms with E-state index in [1.807, 2.05) is 6.08 Å². The second kappa shape index (κ2) is 24.7. The van der Waals surface area contributed by atoms with E-state index in [1.165, 1.54) is 96.3 Å². The minimum Gasteiger partial charge on any atom is -0.477 e. The van der Waals surface area contributed by atoms with Crippen molar-refractivity contribution in [2.24, 2.45) is 0 Å². The fourth-order valence-electron chi connectivity index (χ4n) is 6.43. The van der Waals surface area contributed by atoms with Gasteiger partial charge in [-0.05, 0) is 18.9 Å². The van der Waals surface area contributed by atoms with E-state index in [-0.39, 0.29) is 19.3 Å². The van der Waals surface area contributed by atoms with Crippen molar-refractivity contribution in [1.29, 1.82) is 0 Å². The molecule has 0 aromatic heterocycles. The van der Waals surface area contributed by atoms with Crippen LogP contribution in [0, 0.1) is 0 Å². The minimum absolute atomic E-state index is 0.145. The van der Waals surface area contributed by atoms with Crippen LogP contribution < -0.4 is 0 Å². The first-order chi connectivity index (χ1) is 19.7. The number of allylic oxidation sites excluding steroid dienone is 1. The number of aliphatic carboxylic acids is 3. The lowest BCUT2D eigenvalue weighted by Crippen LogP contribution is -2.69. The highest BCUT2D eigenvalue weighted by molar-refractivity contribution is 5.78. The van der Waals surface area contributed by atoms with E-state index in [9.17, 15) is 29.7 Å². The predicted octanol–water partition coefficient (Wildman–Crippen LogP) is 9.34. The number of unbranched alkanes of at least 4 members (excludes halogenated alkanes) is 18. The van der Waals surface area contributed by atoms with Crippen LogP contribution in [0.25, 0.3) is 0 Å². The lowest BCUT2D eigenvalue weighted by atomic mass is 9.95. The maximum absolute atomic E-state index is 12.2. The SMILES string of the molecule is CCCCCCCCCCCCCCCCCCCC/C=C/[N+](C(CC)C(=O)O)(C(CC)C(=O)O)C(CC)C(=O)O. The molecule has 3 N–H and O–H groups in total. The van der Waals surface area contributed by atoms with Crippen molar-refractivity contribution in [2.45, 2.75) is 187 Å². The summed E-state index contributed by atoms with van der Waals surface area (Å²) in [5.74, 6) is -3.49. The van der Waals surface area contributed by atoms with Gasteiger partial charge in [-0.2, -0.15) is 0 Å². The van der Waals surface area contributed by atoms with E-state index in [0.29, 0.717) is 6.42 Å². The van der Waals surface area contributed by atoms with Crippen LogP contribution in [-0.4, -0.2) is 55.8 Å². The van der Waals surface area contributed by atoms with E-state index < -0.39 is 40.5 Å². The van der Waals surface area contributed by atoms with Crippen molar-refractivity contribution in [3.63, 3.8) is 0 Å². The molecular weight excluding hydrogens is 518 g/mol. The second-order valence-corrected chi connectivity index (χ2v) is 11.9. The molecule has 0 aromatic carbocycles. The molecule has 0 rings (SSSR count). The van der Waals surface area contributed by atoms with Gasteiger partial charge in [-0.15, -0.1) is 0 Å². The summed E-state index contributed by atoms with van der Waals surface area (Å²) in [5.41, 5.74) is 0. The number of carboxylic acids is 3. The van der Waals surface area contributed by atoms with Crippen molar-refractivity contribution in [1.82, 2.24) is 0 Å². The second-order valence-electron chi connectivity index (χ2n) is 11.9. The molecule has 0 aliphatic rings. The molecule has 0 saturated heterocycles. The minimum atomic E-state index is -1.16. The average molecular weight is 583 g/mol. The van der Waals surface area contributed by atoms with Crippen molar-refractivity contribution in [3.8, 4) is 0 Å². The third-order valence-electron chi connectivity index (χ3n) is 8.72. The Kier molecular flexibility index (Phi) is 23.5. The largest absolute Gasteiger partial charge is 0.477 e. The molecule has 7 nitrogen and oxygen atoms in total. The Balaban J connectivity index is 4.50. The average Bonchev–Trinajstić information content (AvgIpc) is 2.92. The summed E-state index contributed by atoms with van der Waals surface area (Å²) in [6.07, 6.45) is 28.0. The Bertz CT molecular complexity index is 667. The van der Waals surface area contributed by atoms with Gasteiger partial charge < -0.3 is 15.3 Å². The van der Waals surface area contributed by atoms with Crippen molar-refractivity contribution in [3.05, 3.63) is 12.3 Å². The van der Waals surface area contributed by atoms with Crippen LogP contribution in [0.3, 0.4) is 0 Å². The molecule has 0 spiro atoms. The molecule has 0 heterocycles. The quantitative estimate of drug-likeness (QED) is 0.0598. The van der Waals surface area contributed by atoms with Gasteiger partial charge >= 0.3 is 17.9 Å². The predicted molar refractivity (Wildman–Crippen MR) is 168 cm³/mol. The zero-order valence-electron chi connectivity index (χ0n) is 27.0. The van der Waals surface area contributed by atoms with E-state index in [0.717, 1.165) is 19.3 Å². The number of carbonyl (C=O) groups is 3. The van der Waals surface area contributed by atoms with Crippen molar-refractivity contribution >= 4 is 17.9 Å². The standard InChI is InChI=1S/C34H63NO6/c1-5-9-10-11-12-13-14-15-16-17-18-19-20-21-22-23-24-25-26-27-28-35(29(6-2)32(36)37,30(7-3)33(38)39)31(8-4)34(40)41/h27-31H,5-26H2,1-4H3,(H2-,36,37,38,39,40,41)/p+1/b28-27+. The summed E-state index contributed by atoms with van der Waals surface area (Å²) >= 11 is 0. The van der Waals surface area contributed by atoms with E-state index in [2.05, 4.69) is 6.92 Å². The van der Waals surface area contributed by atoms with Crippen molar-refractivity contribution in [2.75, 3.05) is 0 Å². The first kappa shape index (κ1) is 39.1. The Morgan fingerprint density at radius 3 is 1.00 bits per heavy atom. The lowest BCUT2D eigenvalue weighted by Gasteiger charge is -2.46. The lowest BCUT2D eigenvalue weighted by molar-refractivity contribution is -0.927. The molecule has 0 aliphatic carbocycles. The summed E-state index contributed by atoms with van der Waals surface area (Å²) in [6.45, 7) is 7.31. The topological polar surface area (TPSA) is 112 Å². The summed E-state index contributed by atoms with van der Waals surface area (Å²) in [4.78, 5) is 36.7. The van der Waals surface area contributed by atoms with E-state index in [1.54, 1.807) is 27.0 Å². The van der Waals surface area contributed by atoms with E-state index >= 15 is 0 Å². The molecule has 240 valence electrons. The van der Waals surface area contributed by atoms with Crippen LogP contribution in [-0.2, 0) is 14.4 Å². The Hall–Kier alpha value is -1.89. The Labute approximate surface area is 251 Å². The highest BCUT2D eigenvalue weighted by atomic mass is 16.4. The number of hydrogen-bond donors (Lipinski definition) is 3. The number of rotatable bonds is 29. The molecule has 0 aromatic rings. The van der Waals surface area contributed by atoms with Crippen LogP contribution in [0.5, 0.6) is 0 Å². The molecule has 3 unspecified atom stereocenters. The van der Waals surface area contributed by atoms with Gasteiger partial charge in [0.25, 0.3) is 0 Å². The van der Waals surface area contributed by atoms with Gasteiger partial charge in [0.1, 0.15) is 0 Å². The molecule has 7 heteroatoms. The molecule has 3 atom stereocenters. The third kappa shape index (κ3) is 15.2. The fraction of sp³-hybridized carbons (Fsp3) is 0.853. The molecule has 0 radical (unpaired) electrons. The smallest absolute Gasteiger partial charge is 0.362 e. The number of quaternary nitrogens is 1. The zero-order chi connectivity index (χ0) is 30.9. The van der Waals surface area contributed by atoms with Gasteiger partial charge in [0.05, 0.1) is 6.20 Å². The number of nitrogens with zero attached hydrogens (tertiary/aromatic N) is 1. The van der Waals surface area contributed by atoms with Crippen LogP contribution in [0.15, 0.2) is 12.3 Å². The summed E-state index contributed by atoms with van der Waals surface area (Å²) in [6, 6.07) is -3.43. The Morgan fingerprint density at radius 1 is 0.488 bits per heavy atom. The van der Waals surface area contributed by atoms with Crippen LogP contribution >= 0.6 is 0 Å². The Morgan fingerprint density at radius 2 is 0.756 bits per heavy atom. The summed E-state index contributed by atoms with van der Waals surface area (Å²) in [7, 11) is 0. The van der Waals surface area contributed by atoms with Gasteiger partial charge in [-0.1, -0.05) is 137 Å². The van der Waals surface area contributed by atoms with Gasteiger partial charge in [0.15, 0.2) is 18.1 Å². The van der Waals surface area contributed by atoms with Crippen LogP contribution in [0.4, 0.5) is 0 Å². The first-order valence-corrected chi connectivity index (χ1v) is 17.0. The molecular formula is C34H64NO6+. The van der Waals surface area contributed by atoms with Gasteiger partial charge in [-0.3, -0.25) is 4.48 Å².